The van der Waals surface area contributed by atoms with Gasteiger partial charge >= 0.3 is 0 Å². The number of amides is 1. The Balaban J connectivity index is 1.66. The van der Waals surface area contributed by atoms with Crippen LogP contribution >= 0.6 is 11.8 Å². The highest BCUT2D eigenvalue weighted by molar-refractivity contribution is 7.99. The molecule has 0 unspecified atom stereocenters. The van der Waals surface area contributed by atoms with E-state index in [9.17, 15) is 4.79 Å². The molecule has 0 fully saturated rings. The van der Waals surface area contributed by atoms with E-state index < -0.39 is 0 Å². The second-order valence-corrected chi connectivity index (χ2v) is 7.97. The molecule has 0 aliphatic heterocycles. The van der Waals surface area contributed by atoms with Gasteiger partial charge < -0.3 is 14.4 Å². The Bertz CT molecular complexity index is 1040. The molecule has 152 valence electrons. The molecule has 3 rings (SSSR count). The summed E-state index contributed by atoms with van der Waals surface area (Å²) in [5, 5.41) is 2.03. The van der Waals surface area contributed by atoms with E-state index in [1.165, 1.54) is 17.3 Å². The summed E-state index contributed by atoms with van der Waals surface area (Å²) in [5.41, 5.74) is 4.30. The number of benzene rings is 2. The van der Waals surface area contributed by atoms with Crippen LogP contribution in [0.15, 0.2) is 47.5 Å². The molecule has 2 aromatic carbocycles. The van der Waals surface area contributed by atoms with Crippen molar-refractivity contribution in [2.24, 2.45) is 0 Å². The van der Waals surface area contributed by atoms with E-state index in [4.69, 9.17) is 14.5 Å². The molecule has 1 aromatic heterocycles. The van der Waals surface area contributed by atoms with Gasteiger partial charge in [-0.25, -0.2) is 4.98 Å². The van der Waals surface area contributed by atoms with Gasteiger partial charge in [0.15, 0.2) is 11.5 Å². The number of thioether (sulfide) groups is 1. The van der Waals surface area contributed by atoms with Gasteiger partial charge in [0.25, 0.3) is 0 Å². The number of carbonyl (C=O) groups excluding carboxylic acids is 1. The van der Waals surface area contributed by atoms with Crippen molar-refractivity contribution in [1.29, 1.82) is 0 Å². The Morgan fingerprint density at radius 3 is 2.52 bits per heavy atom. The summed E-state index contributed by atoms with van der Waals surface area (Å²) >= 11 is 1.47. The van der Waals surface area contributed by atoms with Gasteiger partial charge in [-0.2, -0.15) is 0 Å². The standard InChI is InChI=1S/C23H26N2O3S/c1-15-7-6-8-18-16(2)11-21(24-23(15)18)29-14-22(26)25(3)13-17-9-10-19(27-4)20(12-17)28-5/h6-12H,13-14H2,1-5H3. The van der Waals surface area contributed by atoms with Crippen molar-refractivity contribution >= 4 is 28.6 Å². The first-order chi connectivity index (χ1) is 13.9. The predicted octanol–water partition coefficient (Wildman–Crippen LogP) is 4.62. The third-order valence-corrected chi connectivity index (χ3v) is 5.76. The molecule has 6 heteroatoms. The molecule has 0 aliphatic rings. The summed E-state index contributed by atoms with van der Waals surface area (Å²) < 4.78 is 10.6. The first kappa shape index (κ1) is 21.0. The van der Waals surface area contributed by atoms with Crippen molar-refractivity contribution < 1.29 is 14.3 Å². The van der Waals surface area contributed by atoms with Crippen molar-refractivity contribution in [2.75, 3.05) is 27.0 Å². The molecule has 0 atom stereocenters. The summed E-state index contributed by atoms with van der Waals surface area (Å²) in [4.78, 5) is 19.1. The lowest BCUT2D eigenvalue weighted by Gasteiger charge is -2.18. The lowest BCUT2D eigenvalue weighted by molar-refractivity contribution is -0.127. The Morgan fingerprint density at radius 1 is 1.03 bits per heavy atom. The molecule has 0 saturated heterocycles. The number of hydrogen-bond acceptors (Lipinski definition) is 5. The molecular weight excluding hydrogens is 384 g/mol. The number of carbonyl (C=O) groups is 1. The van der Waals surface area contributed by atoms with Crippen LogP contribution in [0.3, 0.4) is 0 Å². The molecule has 1 heterocycles. The van der Waals surface area contributed by atoms with Crippen molar-refractivity contribution in [2.45, 2.75) is 25.4 Å². The van der Waals surface area contributed by atoms with Gasteiger partial charge in [0, 0.05) is 19.0 Å². The normalized spacial score (nSPS) is 10.8. The second-order valence-electron chi connectivity index (χ2n) is 6.98. The summed E-state index contributed by atoms with van der Waals surface area (Å²) in [7, 11) is 5.02. The van der Waals surface area contributed by atoms with E-state index >= 15 is 0 Å². The van der Waals surface area contributed by atoms with Gasteiger partial charge in [0.05, 0.1) is 30.5 Å². The summed E-state index contributed by atoms with van der Waals surface area (Å²) in [6.45, 7) is 4.65. The number of hydrogen-bond donors (Lipinski definition) is 0. The Hall–Kier alpha value is -2.73. The van der Waals surface area contributed by atoms with Crippen LogP contribution in [0, 0.1) is 13.8 Å². The average Bonchev–Trinajstić information content (AvgIpc) is 2.72. The number of aromatic nitrogens is 1. The number of fused-ring (bicyclic) bond motifs is 1. The quantitative estimate of drug-likeness (QED) is 0.532. The van der Waals surface area contributed by atoms with E-state index in [-0.39, 0.29) is 5.91 Å². The Kier molecular flexibility index (Phi) is 6.64. The molecule has 29 heavy (non-hydrogen) atoms. The van der Waals surface area contributed by atoms with E-state index in [2.05, 4.69) is 26.0 Å². The van der Waals surface area contributed by atoms with E-state index in [1.54, 1.807) is 19.1 Å². The van der Waals surface area contributed by atoms with Crippen molar-refractivity contribution in [3.63, 3.8) is 0 Å². The maximum atomic E-state index is 12.6. The zero-order valence-electron chi connectivity index (χ0n) is 17.5. The number of aryl methyl sites for hydroxylation is 2. The van der Waals surface area contributed by atoms with E-state index in [1.807, 2.05) is 37.4 Å². The lowest BCUT2D eigenvalue weighted by atomic mass is 10.1. The fourth-order valence-electron chi connectivity index (χ4n) is 3.19. The molecule has 0 bridgehead atoms. The molecule has 0 spiro atoms. The number of pyridine rings is 1. The number of para-hydroxylation sites is 1. The highest BCUT2D eigenvalue weighted by Crippen LogP contribution is 2.28. The number of rotatable bonds is 7. The van der Waals surface area contributed by atoms with Gasteiger partial charge in [0.1, 0.15) is 0 Å². The van der Waals surface area contributed by atoms with Gasteiger partial charge in [-0.3, -0.25) is 4.79 Å². The summed E-state index contributed by atoms with van der Waals surface area (Å²) in [6, 6.07) is 13.9. The molecule has 0 N–H and O–H groups in total. The number of ether oxygens (including phenoxy) is 2. The monoisotopic (exact) mass is 410 g/mol. The zero-order valence-corrected chi connectivity index (χ0v) is 18.3. The van der Waals surface area contributed by atoms with Crippen molar-refractivity contribution in [3.8, 4) is 11.5 Å². The van der Waals surface area contributed by atoms with Gasteiger partial charge in [-0.15, -0.1) is 0 Å². The van der Waals surface area contributed by atoms with Crippen LogP contribution in [0.25, 0.3) is 10.9 Å². The van der Waals surface area contributed by atoms with Crippen LogP contribution in [0.4, 0.5) is 0 Å². The second kappa shape index (κ2) is 9.18. The maximum absolute atomic E-state index is 12.6. The van der Waals surface area contributed by atoms with Crippen molar-refractivity contribution in [1.82, 2.24) is 9.88 Å². The Labute approximate surface area is 176 Å². The van der Waals surface area contributed by atoms with E-state index in [0.29, 0.717) is 23.8 Å². The minimum Gasteiger partial charge on any atom is -0.493 e. The molecule has 1 amide bonds. The largest absolute Gasteiger partial charge is 0.493 e. The lowest BCUT2D eigenvalue weighted by Crippen LogP contribution is -2.27. The van der Waals surface area contributed by atoms with Crippen LogP contribution in [0.2, 0.25) is 0 Å². The molecule has 0 aliphatic carbocycles. The fraction of sp³-hybridized carbons (Fsp3) is 0.304. The number of nitrogens with zero attached hydrogens (tertiary/aromatic N) is 2. The van der Waals surface area contributed by atoms with Gasteiger partial charge in [0.2, 0.25) is 5.91 Å². The molecule has 3 aromatic rings. The first-order valence-corrected chi connectivity index (χ1v) is 10.4. The highest BCUT2D eigenvalue weighted by Gasteiger charge is 2.13. The predicted molar refractivity (Wildman–Crippen MR) is 118 cm³/mol. The molecule has 0 saturated carbocycles. The number of methoxy groups -OCH3 is 2. The Morgan fingerprint density at radius 2 is 1.79 bits per heavy atom. The minimum absolute atomic E-state index is 0.0501. The fourth-order valence-corrected chi connectivity index (χ4v) is 4.10. The van der Waals surface area contributed by atoms with Crippen LogP contribution in [-0.4, -0.2) is 42.8 Å². The SMILES string of the molecule is COc1ccc(CN(C)C(=O)CSc2cc(C)c3cccc(C)c3n2)cc1OC. The van der Waals surface area contributed by atoms with Gasteiger partial charge in [-0.1, -0.05) is 36.0 Å². The first-order valence-electron chi connectivity index (χ1n) is 9.37. The van der Waals surface area contributed by atoms with Crippen LogP contribution in [0.5, 0.6) is 11.5 Å². The summed E-state index contributed by atoms with van der Waals surface area (Å²) in [5.74, 6) is 1.72. The third-order valence-electron chi connectivity index (χ3n) is 4.86. The molecule has 5 nitrogen and oxygen atoms in total. The van der Waals surface area contributed by atoms with Crippen molar-refractivity contribution in [3.05, 3.63) is 59.2 Å². The maximum Gasteiger partial charge on any atom is 0.233 e. The minimum atomic E-state index is 0.0501. The van der Waals surface area contributed by atoms with Crippen LogP contribution in [-0.2, 0) is 11.3 Å². The smallest absolute Gasteiger partial charge is 0.233 e. The molecule has 0 radical (unpaired) electrons. The van der Waals surface area contributed by atoms with E-state index in [0.717, 1.165) is 27.1 Å². The third kappa shape index (κ3) is 4.82. The highest BCUT2D eigenvalue weighted by atomic mass is 32.2. The topological polar surface area (TPSA) is 51.7 Å². The van der Waals surface area contributed by atoms with Gasteiger partial charge in [-0.05, 0) is 48.7 Å². The zero-order chi connectivity index (χ0) is 21.0. The van der Waals surface area contributed by atoms with Crippen LogP contribution in [0.1, 0.15) is 16.7 Å². The summed E-state index contributed by atoms with van der Waals surface area (Å²) in [6.07, 6.45) is 0. The van der Waals surface area contributed by atoms with Crippen LogP contribution < -0.4 is 9.47 Å². The average molecular weight is 411 g/mol. The molecular formula is C23H26N2O3S.